The third-order valence-electron chi connectivity index (χ3n) is 5.37. The number of amides is 1. The Kier molecular flexibility index (Phi) is 5.67. The summed E-state index contributed by atoms with van der Waals surface area (Å²) < 4.78 is 38.2. The molecular weight excluding hydrogens is 329 g/mol. The monoisotopic (exact) mass is 354 g/mol. The third-order valence-corrected chi connectivity index (χ3v) is 5.37. The fourth-order valence-corrected chi connectivity index (χ4v) is 3.99. The maximum absolute atomic E-state index is 12.7. The SMILES string of the molecule is O=C(Cc1cccc(C(F)(F)F)c1)NC[C@H]1CCN(C2CCCC2)C1. The van der Waals surface area contributed by atoms with Gasteiger partial charge in [0.15, 0.2) is 0 Å². The van der Waals surface area contributed by atoms with Crippen molar-refractivity contribution < 1.29 is 18.0 Å². The van der Waals surface area contributed by atoms with Crippen LogP contribution in [0, 0.1) is 5.92 Å². The van der Waals surface area contributed by atoms with Crippen molar-refractivity contribution >= 4 is 5.91 Å². The van der Waals surface area contributed by atoms with Crippen molar-refractivity contribution in [3.63, 3.8) is 0 Å². The zero-order valence-corrected chi connectivity index (χ0v) is 14.3. The van der Waals surface area contributed by atoms with Crippen LogP contribution in [0.2, 0.25) is 0 Å². The Morgan fingerprint density at radius 1 is 1.20 bits per heavy atom. The van der Waals surface area contributed by atoms with Crippen LogP contribution in [0.25, 0.3) is 0 Å². The van der Waals surface area contributed by atoms with Crippen LogP contribution in [0.15, 0.2) is 24.3 Å². The normalized spacial score (nSPS) is 22.4. The third kappa shape index (κ3) is 4.97. The second-order valence-electron chi connectivity index (χ2n) is 7.27. The van der Waals surface area contributed by atoms with E-state index in [0.29, 0.717) is 24.1 Å². The summed E-state index contributed by atoms with van der Waals surface area (Å²) in [5.74, 6) is 0.240. The fraction of sp³-hybridized carbons (Fsp3) is 0.632. The maximum Gasteiger partial charge on any atom is 0.416 e. The van der Waals surface area contributed by atoms with Gasteiger partial charge in [0.2, 0.25) is 5.91 Å². The molecular formula is C19H25F3N2O. The van der Waals surface area contributed by atoms with Gasteiger partial charge in [0.05, 0.1) is 12.0 Å². The molecule has 1 aliphatic heterocycles. The molecule has 138 valence electrons. The van der Waals surface area contributed by atoms with Crippen molar-refractivity contribution in [3.8, 4) is 0 Å². The predicted molar refractivity (Wildman–Crippen MR) is 90.1 cm³/mol. The zero-order chi connectivity index (χ0) is 17.9. The summed E-state index contributed by atoms with van der Waals surface area (Å²) in [4.78, 5) is 14.6. The minimum absolute atomic E-state index is 0.0109. The average molecular weight is 354 g/mol. The van der Waals surface area contributed by atoms with Crippen LogP contribution in [0.3, 0.4) is 0 Å². The Bertz CT molecular complexity index is 597. The highest BCUT2D eigenvalue weighted by Gasteiger charge is 2.31. The van der Waals surface area contributed by atoms with E-state index >= 15 is 0 Å². The van der Waals surface area contributed by atoms with Gasteiger partial charge in [-0.25, -0.2) is 0 Å². The molecule has 0 aromatic heterocycles. The first kappa shape index (κ1) is 18.2. The largest absolute Gasteiger partial charge is 0.416 e. The lowest BCUT2D eigenvalue weighted by Gasteiger charge is -2.23. The van der Waals surface area contributed by atoms with Gasteiger partial charge in [-0.3, -0.25) is 4.79 Å². The minimum Gasteiger partial charge on any atom is -0.355 e. The Hall–Kier alpha value is -1.56. The smallest absolute Gasteiger partial charge is 0.355 e. The highest BCUT2D eigenvalue weighted by atomic mass is 19.4. The summed E-state index contributed by atoms with van der Waals surface area (Å²) in [6.45, 7) is 2.73. The van der Waals surface area contributed by atoms with Crippen LogP contribution in [-0.2, 0) is 17.4 Å². The van der Waals surface area contributed by atoms with E-state index in [9.17, 15) is 18.0 Å². The van der Waals surface area contributed by atoms with E-state index in [1.165, 1.54) is 31.7 Å². The molecule has 0 spiro atoms. The van der Waals surface area contributed by atoms with Gasteiger partial charge in [-0.05, 0) is 43.4 Å². The van der Waals surface area contributed by atoms with Gasteiger partial charge in [-0.15, -0.1) is 0 Å². The number of carbonyl (C=O) groups is 1. The van der Waals surface area contributed by atoms with Crippen molar-refractivity contribution in [1.29, 1.82) is 0 Å². The van der Waals surface area contributed by atoms with Crippen molar-refractivity contribution in [2.75, 3.05) is 19.6 Å². The molecule has 3 nitrogen and oxygen atoms in total. The second-order valence-corrected chi connectivity index (χ2v) is 7.27. The number of halogens is 3. The number of carbonyl (C=O) groups excluding carboxylic acids is 1. The molecule has 1 N–H and O–H groups in total. The van der Waals surface area contributed by atoms with E-state index < -0.39 is 11.7 Å². The molecule has 1 aromatic rings. The summed E-state index contributed by atoms with van der Waals surface area (Å²) in [7, 11) is 0. The molecule has 1 aromatic carbocycles. The maximum atomic E-state index is 12.7. The Morgan fingerprint density at radius 2 is 1.96 bits per heavy atom. The topological polar surface area (TPSA) is 32.3 Å². The summed E-state index contributed by atoms with van der Waals surface area (Å²) in [5.41, 5.74) is -0.313. The zero-order valence-electron chi connectivity index (χ0n) is 14.3. The van der Waals surface area contributed by atoms with Crippen LogP contribution >= 0.6 is 0 Å². The number of likely N-dealkylation sites (tertiary alicyclic amines) is 1. The second kappa shape index (κ2) is 7.77. The average Bonchev–Trinajstić information content (AvgIpc) is 3.24. The lowest BCUT2D eigenvalue weighted by atomic mass is 10.1. The number of rotatable bonds is 5. The highest BCUT2D eigenvalue weighted by Crippen LogP contribution is 2.30. The van der Waals surface area contributed by atoms with E-state index in [0.717, 1.165) is 31.6 Å². The summed E-state index contributed by atoms with van der Waals surface area (Å²) in [6.07, 6.45) is 1.91. The number of hydrogen-bond donors (Lipinski definition) is 1. The van der Waals surface area contributed by atoms with Gasteiger partial charge >= 0.3 is 6.18 Å². The standard InChI is InChI=1S/C19H25F3N2O/c20-19(21,22)16-5-3-4-14(10-16)11-18(25)23-12-15-8-9-24(13-15)17-6-1-2-7-17/h3-5,10,15,17H,1-2,6-9,11-13H2,(H,23,25)/t15-/m1/s1. The Labute approximate surface area is 146 Å². The van der Waals surface area contributed by atoms with Gasteiger partial charge in [0.25, 0.3) is 0 Å². The van der Waals surface area contributed by atoms with E-state index in [2.05, 4.69) is 10.2 Å². The van der Waals surface area contributed by atoms with Crippen molar-refractivity contribution in [2.24, 2.45) is 5.92 Å². The molecule has 25 heavy (non-hydrogen) atoms. The van der Waals surface area contributed by atoms with Gasteiger partial charge < -0.3 is 10.2 Å². The van der Waals surface area contributed by atoms with Gasteiger partial charge in [0.1, 0.15) is 0 Å². The van der Waals surface area contributed by atoms with Crippen molar-refractivity contribution in [1.82, 2.24) is 10.2 Å². The summed E-state index contributed by atoms with van der Waals surface area (Å²) in [6, 6.07) is 5.70. The summed E-state index contributed by atoms with van der Waals surface area (Å²) >= 11 is 0. The minimum atomic E-state index is -4.37. The molecule has 1 amide bonds. The number of alkyl halides is 3. The summed E-state index contributed by atoms with van der Waals surface area (Å²) in [5, 5.41) is 2.90. The van der Waals surface area contributed by atoms with Crippen molar-refractivity contribution in [3.05, 3.63) is 35.4 Å². The number of benzene rings is 1. The van der Waals surface area contributed by atoms with Crippen LogP contribution in [0.5, 0.6) is 0 Å². The molecule has 0 radical (unpaired) electrons. The molecule has 1 saturated heterocycles. The van der Waals surface area contributed by atoms with E-state index in [1.54, 1.807) is 6.07 Å². The number of hydrogen-bond acceptors (Lipinski definition) is 2. The lowest BCUT2D eigenvalue weighted by Crippen LogP contribution is -2.34. The van der Waals surface area contributed by atoms with Crippen LogP contribution in [-0.4, -0.2) is 36.5 Å². The van der Waals surface area contributed by atoms with E-state index in [4.69, 9.17) is 0 Å². The first-order valence-corrected chi connectivity index (χ1v) is 9.08. The molecule has 0 bridgehead atoms. The Balaban J connectivity index is 1.44. The van der Waals surface area contributed by atoms with Crippen molar-refractivity contribution in [2.45, 2.75) is 50.7 Å². The predicted octanol–water partition coefficient (Wildman–Crippen LogP) is 3.63. The van der Waals surface area contributed by atoms with Gasteiger partial charge in [0, 0.05) is 19.1 Å². The molecule has 2 fully saturated rings. The Morgan fingerprint density at radius 3 is 2.68 bits per heavy atom. The number of nitrogens with zero attached hydrogens (tertiary/aromatic N) is 1. The van der Waals surface area contributed by atoms with E-state index in [-0.39, 0.29) is 12.3 Å². The molecule has 1 atom stereocenters. The van der Waals surface area contributed by atoms with Crippen LogP contribution < -0.4 is 5.32 Å². The quantitative estimate of drug-likeness (QED) is 0.876. The lowest BCUT2D eigenvalue weighted by molar-refractivity contribution is -0.137. The van der Waals surface area contributed by atoms with Gasteiger partial charge in [-0.1, -0.05) is 31.0 Å². The van der Waals surface area contributed by atoms with E-state index in [1.807, 2.05) is 0 Å². The molecule has 1 heterocycles. The number of nitrogens with one attached hydrogen (secondary N) is 1. The first-order chi connectivity index (χ1) is 11.9. The van der Waals surface area contributed by atoms with Crippen LogP contribution in [0.1, 0.15) is 43.2 Å². The highest BCUT2D eigenvalue weighted by molar-refractivity contribution is 5.78. The molecule has 2 aliphatic rings. The molecule has 0 unspecified atom stereocenters. The first-order valence-electron chi connectivity index (χ1n) is 9.08. The fourth-order valence-electron chi connectivity index (χ4n) is 3.99. The van der Waals surface area contributed by atoms with Gasteiger partial charge in [-0.2, -0.15) is 13.2 Å². The van der Waals surface area contributed by atoms with Crippen LogP contribution in [0.4, 0.5) is 13.2 Å². The molecule has 3 rings (SSSR count). The molecule has 6 heteroatoms. The molecule has 1 saturated carbocycles. The molecule has 1 aliphatic carbocycles.